The Morgan fingerprint density at radius 1 is 1.50 bits per heavy atom. The molecule has 2 heterocycles. The predicted molar refractivity (Wildman–Crippen MR) is 75.2 cm³/mol. The first-order valence-corrected chi connectivity index (χ1v) is 7.30. The van der Waals surface area contributed by atoms with Crippen molar-refractivity contribution in [2.24, 2.45) is 13.0 Å². The molecule has 1 aromatic rings. The van der Waals surface area contributed by atoms with E-state index in [2.05, 4.69) is 10.4 Å². The number of urea groups is 1. The maximum atomic E-state index is 12.8. The van der Waals surface area contributed by atoms with Crippen LogP contribution in [0.5, 0.6) is 0 Å². The Morgan fingerprint density at radius 2 is 2.18 bits per heavy atom. The number of rotatable bonds is 2. The fourth-order valence-corrected chi connectivity index (χ4v) is 2.83. The maximum Gasteiger partial charge on any atom is 0.393 e. The van der Waals surface area contributed by atoms with Gasteiger partial charge in [-0.05, 0) is 26.7 Å². The van der Waals surface area contributed by atoms with Crippen molar-refractivity contribution >= 4 is 6.03 Å². The number of amides is 2. The van der Waals surface area contributed by atoms with Crippen LogP contribution in [0.15, 0.2) is 6.20 Å². The van der Waals surface area contributed by atoms with Crippen LogP contribution in [0.2, 0.25) is 0 Å². The van der Waals surface area contributed by atoms with Crippen molar-refractivity contribution in [3.63, 3.8) is 0 Å². The maximum absolute atomic E-state index is 12.8. The van der Waals surface area contributed by atoms with Gasteiger partial charge in [0.05, 0.1) is 17.7 Å². The molecule has 2 amide bonds. The number of nitrogens with one attached hydrogen (secondary N) is 1. The van der Waals surface area contributed by atoms with Crippen LogP contribution in [-0.4, -0.2) is 40.0 Å². The monoisotopic (exact) mass is 318 g/mol. The highest BCUT2D eigenvalue weighted by atomic mass is 19.4. The molecule has 1 aliphatic rings. The Morgan fingerprint density at radius 3 is 2.73 bits per heavy atom. The van der Waals surface area contributed by atoms with Crippen molar-refractivity contribution in [1.82, 2.24) is 20.0 Å². The summed E-state index contributed by atoms with van der Waals surface area (Å²) in [5.41, 5.74) is 1.65. The van der Waals surface area contributed by atoms with Crippen molar-refractivity contribution in [2.75, 3.05) is 13.1 Å². The van der Waals surface area contributed by atoms with Crippen LogP contribution in [-0.2, 0) is 7.05 Å². The summed E-state index contributed by atoms with van der Waals surface area (Å²) < 4.78 is 40.0. The van der Waals surface area contributed by atoms with Crippen molar-refractivity contribution < 1.29 is 18.0 Å². The van der Waals surface area contributed by atoms with Crippen molar-refractivity contribution in [2.45, 2.75) is 38.9 Å². The molecule has 0 spiro atoms. The minimum atomic E-state index is -4.25. The smallest absolute Gasteiger partial charge is 0.331 e. The molecule has 0 saturated carbocycles. The molecule has 0 bridgehead atoms. The fraction of sp³-hybridized carbons (Fsp3) is 0.714. The van der Waals surface area contributed by atoms with Crippen molar-refractivity contribution in [1.29, 1.82) is 0 Å². The molecule has 8 heteroatoms. The lowest BCUT2D eigenvalue weighted by Crippen LogP contribution is -2.49. The van der Waals surface area contributed by atoms with Crippen LogP contribution in [0.1, 0.15) is 37.1 Å². The molecule has 5 nitrogen and oxygen atoms in total. The summed E-state index contributed by atoms with van der Waals surface area (Å²) >= 11 is 0. The molecular weight excluding hydrogens is 297 g/mol. The van der Waals surface area contributed by atoms with E-state index in [1.807, 2.05) is 6.92 Å². The van der Waals surface area contributed by atoms with E-state index in [1.165, 1.54) is 4.90 Å². The van der Waals surface area contributed by atoms with Gasteiger partial charge in [0.2, 0.25) is 0 Å². The Bertz CT molecular complexity index is 541. The van der Waals surface area contributed by atoms with Crippen molar-refractivity contribution in [3.05, 3.63) is 17.5 Å². The Labute approximate surface area is 127 Å². The summed E-state index contributed by atoms with van der Waals surface area (Å²) in [6.45, 7) is 3.72. The van der Waals surface area contributed by atoms with Gasteiger partial charge in [0.1, 0.15) is 0 Å². The van der Waals surface area contributed by atoms with E-state index in [0.717, 1.165) is 11.3 Å². The SMILES string of the molecule is Cc1nn(C)cc1[C@@H](C)NC(=O)N1CCC[C@@H](C(F)(F)F)C1. The van der Waals surface area contributed by atoms with Gasteiger partial charge in [0, 0.05) is 31.9 Å². The predicted octanol–water partition coefficient (Wildman–Crippen LogP) is 2.77. The van der Waals surface area contributed by atoms with Crippen molar-refractivity contribution in [3.8, 4) is 0 Å². The number of aromatic nitrogens is 2. The summed E-state index contributed by atoms with van der Waals surface area (Å²) in [5.74, 6) is -1.43. The van der Waals surface area contributed by atoms with Crippen LogP contribution < -0.4 is 5.32 Å². The van der Waals surface area contributed by atoms with E-state index in [-0.39, 0.29) is 19.0 Å². The minimum absolute atomic E-state index is 0.0878. The van der Waals surface area contributed by atoms with E-state index in [1.54, 1.807) is 24.9 Å². The van der Waals surface area contributed by atoms with Gasteiger partial charge in [-0.15, -0.1) is 0 Å². The number of halogens is 3. The molecule has 2 atom stereocenters. The topological polar surface area (TPSA) is 50.2 Å². The van der Waals surface area contributed by atoms with Gasteiger partial charge >= 0.3 is 12.2 Å². The molecule has 2 rings (SSSR count). The number of hydrogen-bond donors (Lipinski definition) is 1. The third-order valence-corrected chi connectivity index (χ3v) is 4.03. The third kappa shape index (κ3) is 3.72. The molecule has 1 aliphatic heterocycles. The molecule has 1 N–H and O–H groups in total. The molecule has 0 radical (unpaired) electrons. The highest BCUT2D eigenvalue weighted by Crippen LogP contribution is 2.33. The molecule has 1 aromatic heterocycles. The number of aryl methyl sites for hydroxylation is 2. The first-order chi connectivity index (χ1) is 10.2. The zero-order valence-electron chi connectivity index (χ0n) is 12.9. The summed E-state index contributed by atoms with van der Waals surface area (Å²) in [6, 6.07) is -0.753. The quantitative estimate of drug-likeness (QED) is 0.911. The second kappa shape index (κ2) is 6.18. The van der Waals surface area contributed by atoms with Gasteiger partial charge < -0.3 is 10.2 Å². The second-order valence-corrected chi connectivity index (χ2v) is 5.84. The fourth-order valence-electron chi connectivity index (χ4n) is 2.83. The number of carbonyl (C=O) groups excluding carboxylic acids is 1. The first-order valence-electron chi connectivity index (χ1n) is 7.30. The normalized spacial score (nSPS) is 20.8. The van der Waals surface area contributed by atoms with Gasteiger partial charge in [0.25, 0.3) is 0 Å². The molecular formula is C14H21F3N4O. The molecule has 0 aromatic carbocycles. The summed E-state index contributed by atoms with van der Waals surface area (Å²) in [4.78, 5) is 13.4. The number of carbonyl (C=O) groups is 1. The Hall–Kier alpha value is -1.73. The van der Waals surface area contributed by atoms with E-state index in [0.29, 0.717) is 13.0 Å². The van der Waals surface area contributed by atoms with Crippen LogP contribution in [0.25, 0.3) is 0 Å². The summed E-state index contributed by atoms with van der Waals surface area (Å²) in [6.07, 6.45) is -1.98. The van der Waals surface area contributed by atoms with Gasteiger partial charge in [0.15, 0.2) is 0 Å². The first kappa shape index (κ1) is 16.6. The number of piperidine rings is 1. The molecule has 124 valence electrons. The molecule has 1 saturated heterocycles. The average molecular weight is 318 g/mol. The molecule has 0 aliphatic carbocycles. The largest absolute Gasteiger partial charge is 0.393 e. The number of likely N-dealkylation sites (tertiary alicyclic amines) is 1. The van der Waals surface area contributed by atoms with E-state index >= 15 is 0 Å². The van der Waals surface area contributed by atoms with Gasteiger partial charge in [-0.3, -0.25) is 4.68 Å². The summed E-state index contributed by atoms with van der Waals surface area (Å²) in [5, 5.41) is 6.96. The van der Waals surface area contributed by atoms with Crippen LogP contribution in [0.4, 0.5) is 18.0 Å². The molecule has 22 heavy (non-hydrogen) atoms. The molecule has 1 fully saturated rings. The highest BCUT2D eigenvalue weighted by Gasteiger charge is 2.42. The lowest BCUT2D eigenvalue weighted by Gasteiger charge is -2.34. The molecule has 0 unspecified atom stereocenters. The third-order valence-electron chi connectivity index (χ3n) is 4.03. The Balaban J connectivity index is 1.98. The number of hydrogen-bond acceptors (Lipinski definition) is 2. The zero-order valence-corrected chi connectivity index (χ0v) is 12.9. The summed E-state index contributed by atoms with van der Waals surface area (Å²) in [7, 11) is 1.78. The van der Waals surface area contributed by atoms with Crippen LogP contribution in [0, 0.1) is 12.8 Å². The number of nitrogens with zero attached hydrogens (tertiary/aromatic N) is 3. The highest BCUT2D eigenvalue weighted by molar-refractivity contribution is 5.74. The zero-order chi connectivity index (χ0) is 16.5. The van der Waals surface area contributed by atoms with Gasteiger partial charge in [-0.2, -0.15) is 18.3 Å². The van der Waals surface area contributed by atoms with Crippen LogP contribution in [0.3, 0.4) is 0 Å². The second-order valence-electron chi connectivity index (χ2n) is 5.84. The average Bonchev–Trinajstić information content (AvgIpc) is 2.77. The van der Waals surface area contributed by atoms with Gasteiger partial charge in [-0.25, -0.2) is 4.79 Å². The van der Waals surface area contributed by atoms with E-state index < -0.39 is 18.1 Å². The Kier molecular flexibility index (Phi) is 4.67. The van der Waals surface area contributed by atoms with Gasteiger partial charge in [-0.1, -0.05) is 0 Å². The van der Waals surface area contributed by atoms with E-state index in [9.17, 15) is 18.0 Å². The minimum Gasteiger partial charge on any atom is -0.331 e. The standard InChI is InChI=1S/C14H21F3N4O/c1-9(12-8-20(3)19-10(12)2)18-13(22)21-6-4-5-11(7-21)14(15,16)17/h8-9,11H,4-7H2,1-3H3,(H,18,22)/t9-,11-/m1/s1. The lowest BCUT2D eigenvalue weighted by atomic mass is 9.98. The van der Waals surface area contributed by atoms with E-state index in [4.69, 9.17) is 0 Å². The lowest BCUT2D eigenvalue weighted by molar-refractivity contribution is -0.184. The number of alkyl halides is 3. The van der Waals surface area contributed by atoms with Crippen LogP contribution >= 0.6 is 0 Å².